The second-order valence-corrected chi connectivity index (χ2v) is 14.8. The minimum atomic E-state index is 1.02. The van der Waals surface area contributed by atoms with Gasteiger partial charge in [0.1, 0.15) is 0 Å². The summed E-state index contributed by atoms with van der Waals surface area (Å²) >= 11 is 35.5. The quantitative estimate of drug-likeness (QED) is 0.139. The molecule has 0 saturated carbocycles. The molecule has 0 aliphatic heterocycles. The first-order valence-electron chi connectivity index (χ1n) is 9.70. The van der Waals surface area contributed by atoms with Gasteiger partial charge in [0.15, 0.2) is 0 Å². The van der Waals surface area contributed by atoms with Gasteiger partial charge < -0.3 is 0 Å². The predicted molar refractivity (Wildman–Crippen MR) is 192 cm³/mol. The van der Waals surface area contributed by atoms with Crippen molar-refractivity contribution in [2.45, 2.75) is 0 Å². The molecule has 4 aromatic rings. The highest BCUT2D eigenvalue weighted by atomic mass is 79.9. The predicted octanol–water partition coefficient (Wildman–Crippen LogP) is 15.1. The Hall–Kier alpha value is 1.42. The van der Waals surface area contributed by atoms with Crippen LogP contribution in [0.5, 0.6) is 0 Å². The highest BCUT2D eigenvalue weighted by Crippen LogP contribution is 2.43. The number of hydrogen-bond donors (Lipinski definition) is 0. The van der Waals surface area contributed by atoms with Crippen molar-refractivity contribution in [2.75, 3.05) is 0 Å². The monoisotopic (exact) mass is 1120 g/mol. The van der Waals surface area contributed by atoms with E-state index in [1.807, 2.05) is 36.4 Å². The minimum absolute atomic E-state index is 1.02. The highest BCUT2D eigenvalue weighted by molar-refractivity contribution is 9.15. The largest absolute Gasteiger partial charge is 0.106 e. The van der Waals surface area contributed by atoms with Crippen LogP contribution in [0.2, 0.25) is 0 Å². The normalized spacial score (nSPS) is 10.2. The number of benzene rings is 4. The van der Waals surface area contributed by atoms with E-state index in [1.54, 1.807) is 0 Å². The van der Waals surface area contributed by atoms with Crippen molar-refractivity contribution >= 4 is 159 Å². The molecule has 0 nitrogen and oxygen atoms in total. The lowest BCUT2D eigenvalue weighted by Crippen LogP contribution is -1.85. The average Bonchev–Trinajstić information content (AvgIpc) is 2.87. The Morgan fingerprint density at radius 3 is 0.917 bits per heavy atom. The van der Waals surface area contributed by atoms with Crippen LogP contribution in [0.25, 0.3) is 22.3 Å². The summed E-state index contributed by atoms with van der Waals surface area (Å²) in [6, 6.07) is 20.4. The molecule has 0 radical (unpaired) electrons. The van der Waals surface area contributed by atoms with Gasteiger partial charge in [0.25, 0.3) is 0 Å². The van der Waals surface area contributed by atoms with Crippen LogP contribution in [-0.2, 0) is 0 Å². The summed E-state index contributed by atoms with van der Waals surface area (Å²) in [6.45, 7) is 6.00. The molecular formula is C26H14Br10. The van der Waals surface area contributed by atoms with Crippen LogP contribution in [-0.4, -0.2) is 0 Å². The van der Waals surface area contributed by atoms with Crippen molar-refractivity contribution in [3.63, 3.8) is 0 Å². The molecule has 0 heterocycles. The number of halogens is 10. The first kappa shape index (κ1) is 33.6. The summed E-state index contributed by atoms with van der Waals surface area (Å²) in [5.41, 5.74) is 4.54. The highest BCUT2D eigenvalue weighted by Gasteiger charge is 2.14. The maximum Gasteiger partial charge on any atom is 0.0465 e. The number of rotatable bonds is 2. The molecule has 0 N–H and O–H groups in total. The molecule has 0 aromatic heterocycles. The van der Waals surface area contributed by atoms with E-state index in [2.05, 4.69) is 197 Å². The minimum Gasteiger partial charge on any atom is -0.106 e. The third-order valence-electron chi connectivity index (χ3n) is 4.55. The molecule has 0 spiro atoms. The van der Waals surface area contributed by atoms with Crippen LogP contribution in [0.15, 0.2) is 119 Å². The SMILES string of the molecule is Brc1cccc(-c2ccc(Br)c(Br)c2Br)c1Br.Brc1cccc(-c2ccc(Br)c(Br)c2Br)c1Br.C=C. The summed E-state index contributed by atoms with van der Waals surface area (Å²) < 4.78 is 10.3. The van der Waals surface area contributed by atoms with Gasteiger partial charge in [0.2, 0.25) is 0 Å². The molecule has 4 aromatic carbocycles. The second kappa shape index (κ2) is 16.0. The molecule has 0 amide bonds. The van der Waals surface area contributed by atoms with Crippen molar-refractivity contribution < 1.29 is 0 Å². The Morgan fingerprint density at radius 2 is 0.583 bits per heavy atom. The fourth-order valence-electron chi connectivity index (χ4n) is 2.89. The molecule has 36 heavy (non-hydrogen) atoms. The Kier molecular flexibility index (Phi) is 15.0. The zero-order chi connectivity index (χ0) is 27.2. The molecule has 10 heteroatoms. The van der Waals surface area contributed by atoms with Crippen LogP contribution >= 0.6 is 159 Å². The summed E-state index contributed by atoms with van der Waals surface area (Å²) in [7, 11) is 0. The van der Waals surface area contributed by atoms with Gasteiger partial charge in [-0.05, 0) is 206 Å². The van der Waals surface area contributed by atoms with Gasteiger partial charge in [-0.1, -0.05) is 36.4 Å². The summed E-state index contributed by atoms with van der Waals surface area (Å²) in [4.78, 5) is 0. The Bertz CT molecular complexity index is 1280. The summed E-state index contributed by atoms with van der Waals surface area (Å²) in [5.74, 6) is 0. The lowest BCUT2D eigenvalue weighted by atomic mass is 10.1. The lowest BCUT2D eigenvalue weighted by Gasteiger charge is -2.11. The molecule has 0 aliphatic rings. The summed E-state index contributed by atoms with van der Waals surface area (Å²) in [6.07, 6.45) is 0. The molecule has 0 aliphatic carbocycles. The second-order valence-electron chi connectivity index (χ2n) is 6.65. The van der Waals surface area contributed by atoms with E-state index < -0.39 is 0 Å². The van der Waals surface area contributed by atoms with Crippen LogP contribution in [0.3, 0.4) is 0 Å². The molecule has 0 unspecified atom stereocenters. The fraction of sp³-hybridized carbons (Fsp3) is 0. The smallest absolute Gasteiger partial charge is 0.0465 e. The Morgan fingerprint density at radius 1 is 0.306 bits per heavy atom. The number of hydrogen-bond acceptors (Lipinski definition) is 0. The standard InChI is InChI=1S/2C12H5Br5.C2H4/c2*13-8-3-1-2-6(10(8)15)7-4-5-9(14)12(17)11(7)16;1-2/h2*1-5H;1-2H2. The van der Waals surface area contributed by atoms with Gasteiger partial charge in [0, 0.05) is 44.7 Å². The van der Waals surface area contributed by atoms with Gasteiger partial charge in [-0.25, -0.2) is 0 Å². The van der Waals surface area contributed by atoms with Gasteiger partial charge >= 0.3 is 0 Å². The van der Waals surface area contributed by atoms with E-state index in [9.17, 15) is 0 Å². The topological polar surface area (TPSA) is 0 Å². The van der Waals surface area contributed by atoms with Gasteiger partial charge in [0.05, 0.1) is 0 Å². The fourth-order valence-corrected chi connectivity index (χ4v) is 7.58. The van der Waals surface area contributed by atoms with Crippen molar-refractivity contribution in [3.8, 4) is 22.3 Å². The van der Waals surface area contributed by atoms with E-state index in [4.69, 9.17) is 0 Å². The van der Waals surface area contributed by atoms with Crippen molar-refractivity contribution in [3.05, 3.63) is 119 Å². The molecule has 4 rings (SSSR count). The third kappa shape index (κ3) is 8.23. The van der Waals surface area contributed by atoms with E-state index in [1.165, 1.54) is 0 Å². The van der Waals surface area contributed by atoms with Crippen molar-refractivity contribution in [1.29, 1.82) is 0 Å². The van der Waals surface area contributed by atoms with Crippen molar-refractivity contribution in [2.24, 2.45) is 0 Å². The first-order valence-corrected chi connectivity index (χ1v) is 17.6. The van der Waals surface area contributed by atoms with E-state index in [0.717, 1.165) is 67.0 Å². The van der Waals surface area contributed by atoms with Crippen LogP contribution < -0.4 is 0 Å². The van der Waals surface area contributed by atoms with Gasteiger partial charge in [-0.15, -0.1) is 13.2 Å². The van der Waals surface area contributed by atoms with E-state index >= 15 is 0 Å². The zero-order valence-electron chi connectivity index (χ0n) is 18.0. The zero-order valence-corrected chi connectivity index (χ0v) is 33.8. The van der Waals surface area contributed by atoms with Gasteiger partial charge in [-0.2, -0.15) is 0 Å². The Balaban J connectivity index is 0.000000237. The van der Waals surface area contributed by atoms with Crippen LogP contribution in [0.4, 0.5) is 0 Å². The third-order valence-corrected chi connectivity index (χ3v) is 15.4. The summed E-state index contributed by atoms with van der Waals surface area (Å²) in [5, 5.41) is 0. The lowest BCUT2D eigenvalue weighted by molar-refractivity contribution is 1.49. The average molecular weight is 1130 g/mol. The molecular weight excluding hydrogens is 1110 g/mol. The molecule has 188 valence electrons. The maximum atomic E-state index is 3.61. The molecule has 0 saturated heterocycles. The van der Waals surface area contributed by atoms with Crippen LogP contribution in [0.1, 0.15) is 0 Å². The van der Waals surface area contributed by atoms with Crippen molar-refractivity contribution in [1.82, 2.24) is 0 Å². The van der Waals surface area contributed by atoms with E-state index in [0.29, 0.717) is 0 Å². The molecule has 0 atom stereocenters. The maximum absolute atomic E-state index is 3.61. The first-order chi connectivity index (χ1) is 17.0. The van der Waals surface area contributed by atoms with Gasteiger partial charge in [-0.3, -0.25) is 0 Å². The van der Waals surface area contributed by atoms with E-state index in [-0.39, 0.29) is 0 Å². The van der Waals surface area contributed by atoms with Crippen LogP contribution in [0, 0.1) is 0 Å². The Labute approximate surface area is 295 Å². The molecule has 0 fully saturated rings. The molecule has 0 bridgehead atoms.